The number of hydrogen-bond donors (Lipinski definition) is 0. The molecule has 1 aromatic carbocycles. The summed E-state index contributed by atoms with van der Waals surface area (Å²) in [6.45, 7) is 8.23. The molecule has 0 aliphatic carbocycles. The maximum Gasteiger partial charge on any atom is 0.336 e. The van der Waals surface area contributed by atoms with E-state index >= 15 is 0 Å². The molecular formula is C14H18O2. The van der Waals surface area contributed by atoms with Crippen molar-refractivity contribution in [1.82, 2.24) is 0 Å². The summed E-state index contributed by atoms with van der Waals surface area (Å²) in [6, 6.07) is 9.20. The van der Waals surface area contributed by atoms with Gasteiger partial charge in [0.25, 0.3) is 0 Å². The van der Waals surface area contributed by atoms with Gasteiger partial charge in [-0.25, -0.2) is 4.79 Å². The van der Waals surface area contributed by atoms with Crippen molar-refractivity contribution in [3.05, 3.63) is 46.3 Å². The normalized spacial score (nSPS) is 10.1. The minimum absolute atomic E-state index is 0.293. The standard InChI is InChI=1S/C12H12O2.C2H6/c1-8(2)10-4-3-9-5-6-12(13)14-11(9)7-10;1-2/h3-8H,1-2H3;1-2H3. The summed E-state index contributed by atoms with van der Waals surface area (Å²) in [7, 11) is 0. The van der Waals surface area contributed by atoms with Crippen LogP contribution in [0.5, 0.6) is 0 Å². The van der Waals surface area contributed by atoms with Crippen molar-refractivity contribution in [2.45, 2.75) is 33.6 Å². The fourth-order valence-corrected chi connectivity index (χ4v) is 1.44. The molecule has 0 radical (unpaired) electrons. The van der Waals surface area contributed by atoms with Crippen LogP contribution in [0.25, 0.3) is 11.0 Å². The molecule has 2 nitrogen and oxygen atoms in total. The molecule has 1 aromatic heterocycles. The lowest BCUT2D eigenvalue weighted by atomic mass is 10.0. The van der Waals surface area contributed by atoms with Gasteiger partial charge in [-0.2, -0.15) is 0 Å². The molecule has 0 saturated carbocycles. The second-order valence-corrected chi connectivity index (χ2v) is 3.71. The van der Waals surface area contributed by atoms with E-state index in [4.69, 9.17) is 4.42 Å². The maximum absolute atomic E-state index is 11.0. The zero-order valence-electron chi connectivity index (χ0n) is 10.3. The number of benzene rings is 1. The zero-order valence-corrected chi connectivity index (χ0v) is 10.3. The third kappa shape index (κ3) is 2.72. The van der Waals surface area contributed by atoms with Crippen molar-refractivity contribution in [3.8, 4) is 0 Å². The van der Waals surface area contributed by atoms with Crippen LogP contribution in [0, 0.1) is 0 Å². The number of fused-ring (bicyclic) bond motifs is 1. The lowest BCUT2D eigenvalue weighted by Crippen LogP contribution is -1.95. The lowest BCUT2D eigenvalue weighted by molar-refractivity contribution is 0.560. The Bertz CT molecular complexity index is 509. The molecule has 0 bridgehead atoms. The van der Waals surface area contributed by atoms with Crippen molar-refractivity contribution < 1.29 is 4.42 Å². The number of hydrogen-bond acceptors (Lipinski definition) is 2. The Hall–Kier alpha value is -1.57. The first-order valence-corrected chi connectivity index (χ1v) is 5.70. The van der Waals surface area contributed by atoms with Gasteiger partial charge in [-0.3, -0.25) is 0 Å². The van der Waals surface area contributed by atoms with E-state index in [0.29, 0.717) is 11.5 Å². The summed E-state index contributed by atoms with van der Waals surface area (Å²) in [4.78, 5) is 11.0. The summed E-state index contributed by atoms with van der Waals surface area (Å²) < 4.78 is 5.10. The van der Waals surface area contributed by atoms with E-state index in [2.05, 4.69) is 19.9 Å². The predicted molar refractivity (Wildman–Crippen MR) is 67.9 cm³/mol. The van der Waals surface area contributed by atoms with E-state index in [0.717, 1.165) is 5.39 Å². The third-order valence-electron chi connectivity index (χ3n) is 2.31. The zero-order chi connectivity index (χ0) is 12.1. The first-order valence-electron chi connectivity index (χ1n) is 5.70. The average molecular weight is 218 g/mol. The molecule has 0 atom stereocenters. The highest BCUT2D eigenvalue weighted by atomic mass is 16.4. The minimum atomic E-state index is -0.293. The van der Waals surface area contributed by atoms with Crippen LogP contribution in [0.1, 0.15) is 39.2 Å². The summed E-state index contributed by atoms with van der Waals surface area (Å²) in [5, 5.41) is 0.967. The second-order valence-electron chi connectivity index (χ2n) is 3.71. The molecule has 0 fully saturated rings. The van der Waals surface area contributed by atoms with E-state index in [1.165, 1.54) is 11.6 Å². The maximum atomic E-state index is 11.0. The quantitative estimate of drug-likeness (QED) is 0.678. The molecule has 2 heteroatoms. The van der Waals surface area contributed by atoms with Crippen LogP contribution in [-0.4, -0.2) is 0 Å². The van der Waals surface area contributed by atoms with Crippen molar-refractivity contribution in [1.29, 1.82) is 0 Å². The van der Waals surface area contributed by atoms with E-state index < -0.39 is 0 Å². The average Bonchev–Trinajstić information content (AvgIpc) is 2.30. The molecule has 0 aliphatic rings. The monoisotopic (exact) mass is 218 g/mol. The molecule has 16 heavy (non-hydrogen) atoms. The Morgan fingerprint density at radius 3 is 2.31 bits per heavy atom. The van der Waals surface area contributed by atoms with E-state index in [9.17, 15) is 4.79 Å². The molecule has 0 N–H and O–H groups in total. The van der Waals surface area contributed by atoms with E-state index in [1.807, 2.05) is 26.0 Å². The van der Waals surface area contributed by atoms with Gasteiger partial charge in [0.15, 0.2) is 0 Å². The Morgan fingerprint density at radius 1 is 1.06 bits per heavy atom. The second kappa shape index (κ2) is 5.50. The minimum Gasteiger partial charge on any atom is -0.423 e. The molecule has 1 heterocycles. The highest BCUT2D eigenvalue weighted by Gasteiger charge is 2.02. The van der Waals surface area contributed by atoms with Crippen molar-refractivity contribution in [2.75, 3.05) is 0 Å². The van der Waals surface area contributed by atoms with Crippen LogP contribution in [0.2, 0.25) is 0 Å². The Balaban J connectivity index is 0.000000606. The number of rotatable bonds is 1. The van der Waals surface area contributed by atoms with Crippen LogP contribution in [0.15, 0.2) is 39.5 Å². The molecule has 0 saturated heterocycles. The smallest absolute Gasteiger partial charge is 0.336 e. The molecule has 86 valence electrons. The van der Waals surface area contributed by atoms with Gasteiger partial charge in [-0.05, 0) is 23.6 Å². The van der Waals surface area contributed by atoms with E-state index in [1.54, 1.807) is 6.07 Å². The van der Waals surface area contributed by atoms with Crippen LogP contribution in [-0.2, 0) is 0 Å². The molecule has 2 rings (SSSR count). The fraction of sp³-hybridized carbons (Fsp3) is 0.357. The lowest BCUT2D eigenvalue weighted by Gasteiger charge is -2.05. The van der Waals surface area contributed by atoms with Crippen LogP contribution < -0.4 is 5.63 Å². The predicted octanol–water partition coefficient (Wildman–Crippen LogP) is 3.94. The van der Waals surface area contributed by atoms with Gasteiger partial charge >= 0.3 is 5.63 Å². The largest absolute Gasteiger partial charge is 0.423 e. The van der Waals surface area contributed by atoms with Gasteiger partial charge in [0.1, 0.15) is 5.58 Å². The first kappa shape index (κ1) is 12.5. The fourth-order valence-electron chi connectivity index (χ4n) is 1.44. The topological polar surface area (TPSA) is 30.2 Å². The SMILES string of the molecule is CC.CC(C)c1ccc2ccc(=O)oc2c1. The molecular weight excluding hydrogens is 200 g/mol. The van der Waals surface area contributed by atoms with Gasteiger partial charge in [-0.1, -0.05) is 39.8 Å². The van der Waals surface area contributed by atoms with Gasteiger partial charge < -0.3 is 4.42 Å². The summed E-state index contributed by atoms with van der Waals surface area (Å²) in [6.07, 6.45) is 0. The molecule has 0 aliphatic heterocycles. The van der Waals surface area contributed by atoms with Crippen molar-refractivity contribution in [3.63, 3.8) is 0 Å². The highest BCUT2D eigenvalue weighted by Crippen LogP contribution is 2.19. The Labute approximate surface area is 95.9 Å². The van der Waals surface area contributed by atoms with Gasteiger partial charge in [0.2, 0.25) is 0 Å². The van der Waals surface area contributed by atoms with Crippen molar-refractivity contribution >= 4 is 11.0 Å². The molecule has 0 spiro atoms. The van der Waals surface area contributed by atoms with Gasteiger partial charge in [0.05, 0.1) is 0 Å². The van der Waals surface area contributed by atoms with Crippen LogP contribution >= 0.6 is 0 Å². The molecule has 2 aromatic rings. The summed E-state index contributed by atoms with van der Waals surface area (Å²) in [5.74, 6) is 0.449. The first-order chi connectivity index (χ1) is 7.66. The highest BCUT2D eigenvalue weighted by molar-refractivity contribution is 5.76. The third-order valence-corrected chi connectivity index (χ3v) is 2.31. The van der Waals surface area contributed by atoms with E-state index in [-0.39, 0.29) is 5.63 Å². The summed E-state index contributed by atoms with van der Waals surface area (Å²) in [5.41, 5.74) is 1.56. The van der Waals surface area contributed by atoms with Crippen molar-refractivity contribution in [2.24, 2.45) is 0 Å². The molecule has 0 amide bonds. The molecule has 0 unspecified atom stereocenters. The van der Waals surface area contributed by atoms with Crippen LogP contribution in [0.4, 0.5) is 0 Å². The van der Waals surface area contributed by atoms with Crippen LogP contribution in [0.3, 0.4) is 0 Å². The van der Waals surface area contributed by atoms with Gasteiger partial charge in [-0.15, -0.1) is 0 Å². The Morgan fingerprint density at radius 2 is 1.69 bits per heavy atom. The summed E-state index contributed by atoms with van der Waals surface area (Å²) >= 11 is 0. The van der Waals surface area contributed by atoms with Gasteiger partial charge in [0, 0.05) is 11.5 Å². The Kier molecular flexibility index (Phi) is 4.29.